The van der Waals surface area contributed by atoms with Gasteiger partial charge in [0.2, 0.25) is 15.9 Å². The van der Waals surface area contributed by atoms with Crippen LogP contribution in [-0.2, 0) is 27.8 Å². The van der Waals surface area contributed by atoms with Crippen LogP contribution < -0.4 is 4.72 Å². The van der Waals surface area contributed by atoms with Crippen LogP contribution in [0.1, 0.15) is 24.5 Å². The third-order valence-electron chi connectivity index (χ3n) is 3.99. The number of nitrogens with zero attached hydrogens (tertiary/aromatic N) is 2. The highest BCUT2D eigenvalue weighted by atomic mass is 32.2. The molecule has 6 nitrogen and oxygen atoms in total. The summed E-state index contributed by atoms with van der Waals surface area (Å²) in [7, 11) is -3.34. The van der Waals surface area contributed by atoms with E-state index in [1.807, 2.05) is 42.5 Å². The minimum atomic E-state index is -3.34. The monoisotopic (exact) mass is 375 g/mol. The summed E-state index contributed by atoms with van der Waals surface area (Å²) in [5.74, 6) is -0.0168. The van der Waals surface area contributed by atoms with Gasteiger partial charge in [0.15, 0.2) is 0 Å². The van der Waals surface area contributed by atoms with Crippen LogP contribution in [0.3, 0.4) is 0 Å². The van der Waals surface area contributed by atoms with Gasteiger partial charge in [0.05, 0.1) is 5.75 Å². The van der Waals surface area contributed by atoms with Crippen molar-refractivity contribution < 1.29 is 13.2 Å². The van der Waals surface area contributed by atoms with Crippen LogP contribution in [0.2, 0.25) is 0 Å². The molecule has 0 bridgehead atoms. The standard InChI is InChI=1S/C19H25N3O3S/c1-17(23)22(16-19-9-11-20-12-10-19)14-13-21-26(24,25)15-5-8-18-6-3-2-4-7-18/h2-4,6-7,9-12,21H,5,8,13-16H2,1H3. The number of pyridine rings is 1. The second-order valence-corrected chi connectivity index (χ2v) is 8.02. The number of amides is 1. The van der Waals surface area contributed by atoms with Crippen LogP contribution >= 0.6 is 0 Å². The maximum atomic E-state index is 12.1. The van der Waals surface area contributed by atoms with Crippen LogP contribution in [0, 0.1) is 0 Å². The number of hydrogen-bond donors (Lipinski definition) is 1. The fourth-order valence-corrected chi connectivity index (χ4v) is 3.65. The van der Waals surface area contributed by atoms with Gasteiger partial charge in [0, 0.05) is 39.0 Å². The molecule has 1 amide bonds. The first kappa shape index (κ1) is 20.1. The number of aryl methyl sites for hydroxylation is 1. The summed E-state index contributed by atoms with van der Waals surface area (Å²) in [6.07, 6.45) is 4.63. The van der Waals surface area contributed by atoms with Gasteiger partial charge in [-0.05, 0) is 36.1 Å². The number of carbonyl (C=O) groups is 1. The van der Waals surface area contributed by atoms with Crippen molar-refractivity contribution in [1.82, 2.24) is 14.6 Å². The quantitative estimate of drug-likeness (QED) is 0.689. The first-order valence-electron chi connectivity index (χ1n) is 8.62. The van der Waals surface area contributed by atoms with E-state index in [1.54, 1.807) is 17.3 Å². The number of rotatable bonds is 10. The molecule has 7 heteroatoms. The highest BCUT2D eigenvalue weighted by Crippen LogP contribution is 2.05. The number of hydrogen-bond acceptors (Lipinski definition) is 4. The van der Waals surface area contributed by atoms with Crippen LogP contribution in [0.15, 0.2) is 54.9 Å². The second kappa shape index (κ2) is 10.0. The maximum absolute atomic E-state index is 12.1. The highest BCUT2D eigenvalue weighted by molar-refractivity contribution is 7.89. The smallest absolute Gasteiger partial charge is 0.219 e. The number of aromatic nitrogens is 1. The molecule has 26 heavy (non-hydrogen) atoms. The Morgan fingerprint density at radius 3 is 2.42 bits per heavy atom. The van der Waals surface area contributed by atoms with E-state index >= 15 is 0 Å². The van der Waals surface area contributed by atoms with E-state index in [0.29, 0.717) is 19.5 Å². The minimum absolute atomic E-state index is 0.0757. The van der Waals surface area contributed by atoms with E-state index in [4.69, 9.17) is 0 Å². The summed E-state index contributed by atoms with van der Waals surface area (Å²) in [4.78, 5) is 17.3. The molecule has 1 heterocycles. The van der Waals surface area contributed by atoms with Crippen LogP contribution in [0.5, 0.6) is 0 Å². The Morgan fingerprint density at radius 1 is 1.08 bits per heavy atom. The van der Waals surface area contributed by atoms with E-state index in [0.717, 1.165) is 17.5 Å². The minimum Gasteiger partial charge on any atom is -0.337 e. The zero-order chi connectivity index (χ0) is 18.8. The first-order chi connectivity index (χ1) is 12.5. The van der Waals surface area contributed by atoms with Gasteiger partial charge in [-0.3, -0.25) is 9.78 Å². The summed E-state index contributed by atoms with van der Waals surface area (Å²) < 4.78 is 26.8. The Kier molecular flexibility index (Phi) is 7.74. The van der Waals surface area contributed by atoms with Crippen molar-refractivity contribution in [2.45, 2.75) is 26.3 Å². The molecule has 0 atom stereocenters. The molecule has 0 fully saturated rings. The Balaban J connectivity index is 1.75. The van der Waals surface area contributed by atoms with E-state index in [2.05, 4.69) is 9.71 Å². The molecule has 0 aliphatic heterocycles. The van der Waals surface area contributed by atoms with E-state index in [-0.39, 0.29) is 18.2 Å². The molecular weight excluding hydrogens is 350 g/mol. The van der Waals surface area contributed by atoms with E-state index in [1.165, 1.54) is 6.92 Å². The average Bonchev–Trinajstić information content (AvgIpc) is 2.62. The fraction of sp³-hybridized carbons (Fsp3) is 0.368. The van der Waals surface area contributed by atoms with Crippen LogP contribution in [0.25, 0.3) is 0 Å². The average molecular weight is 375 g/mol. The van der Waals surface area contributed by atoms with Crippen LogP contribution in [0.4, 0.5) is 0 Å². The highest BCUT2D eigenvalue weighted by Gasteiger charge is 2.13. The molecule has 0 saturated heterocycles. The molecule has 1 N–H and O–H groups in total. The fourth-order valence-electron chi connectivity index (χ4n) is 2.58. The van der Waals surface area contributed by atoms with Crippen LogP contribution in [-0.4, -0.2) is 43.1 Å². The molecule has 0 saturated carbocycles. The van der Waals surface area contributed by atoms with Crippen molar-refractivity contribution in [1.29, 1.82) is 0 Å². The molecule has 140 valence electrons. The van der Waals surface area contributed by atoms with Crippen molar-refractivity contribution in [3.8, 4) is 0 Å². The molecule has 0 aliphatic carbocycles. The van der Waals surface area contributed by atoms with Gasteiger partial charge in [-0.25, -0.2) is 13.1 Å². The lowest BCUT2D eigenvalue weighted by Gasteiger charge is -2.21. The molecule has 1 aromatic carbocycles. The summed E-state index contributed by atoms with van der Waals surface area (Å²) in [5, 5.41) is 0. The van der Waals surface area contributed by atoms with Gasteiger partial charge in [-0.15, -0.1) is 0 Å². The zero-order valence-electron chi connectivity index (χ0n) is 15.0. The Labute approximate surface area is 155 Å². The maximum Gasteiger partial charge on any atom is 0.219 e. The number of benzene rings is 1. The molecule has 0 radical (unpaired) electrons. The van der Waals surface area contributed by atoms with Gasteiger partial charge in [0.25, 0.3) is 0 Å². The molecule has 2 aromatic rings. The lowest BCUT2D eigenvalue weighted by Crippen LogP contribution is -2.37. The van der Waals surface area contributed by atoms with Gasteiger partial charge in [-0.2, -0.15) is 0 Å². The van der Waals surface area contributed by atoms with Gasteiger partial charge in [-0.1, -0.05) is 30.3 Å². The molecule has 0 spiro atoms. The molecule has 0 unspecified atom stereocenters. The first-order valence-corrected chi connectivity index (χ1v) is 10.3. The van der Waals surface area contributed by atoms with Gasteiger partial charge in [0.1, 0.15) is 0 Å². The normalized spacial score (nSPS) is 11.3. The third kappa shape index (κ3) is 7.33. The van der Waals surface area contributed by atoms with Crippen molar-refractivity contribution in [3.05, 3.63) is 66.0 Å². The molecule has 2 rings (SSSR count). The summed E-state index contributed by atoms with van der Waals surface area (Å²) >= 11 is 0. The summed E-state index contributed by atoms with van der Waals surface area (Å²) in [6.45, 7) is 2.46. The third-order valence-corrected chi connectivity index (χ3v) is 5.46. The largest absolute Gasteiger partial charge is 0.337 e. The Hall–Kier alpha value is -2.25. The van der Waals surface area contributed by atoms with Crippen molar-refractivity contribution in [2.75, 3.05) is 18.8 Å². The zero-order valence-corrected chi connectivity index (χ0v) is 15.8. The summed E-state index contributed by atoms with van der Waals surface area (Å²) in [6, 6.07) is 13.5. The topological polar surface area (TPSA) is 79.4 Å². The van der Waals surface area contributed by atoms with E-state index in [9.17, 15) is 13.2 Å². The number of sulfonamides is 1. The summed E-state index contributed by atoms with van der Waals surface area (Å²) in [5.41, 5.74) is 2.09. The Morgan fingerprint density at radius 2 is 1.77 bits per heavy atom. The van der Waals surface area contributed by atoms with E-state index < -0.39 is 10.0 Å². The van der Waals surface area contributed by atoms with Crippen molar-refractivity contribution in [3.63, 3.8) is 0 Å². The van der Waals surface area contributed by atoms with Crippen molar-refractivity contribution in [2.24, 2.45) is 0 Å². The van der Waals surface area contributed by atoms with Crippen molar-refractivity contribution >= 4 is 15.9 Å². The van der Waals surface area contributed by atoms with Gasteiger partial charge < -0.3 is 4.90 Å². The lowest BCUT2D eigenvalue weighted by molar-refractivity contribution is -0.129. The SMILES string of the molecule is CC(=O)N(CCNS(=O)(=O)CCCc1ccccc1)Cc1ccncc1. The predicted molar refractivity (Wildman–Crippen MR) is 102 cm³/mol. The Bertz CT molecular complexity index is 780. The van der Waals surface area contributed by atoms with Gasteiger partial charge >= 0.3 is 0 Å². The number of nitrogens with one attached hydrogen (secondary N) is 1. The molecular formula is C19H25N3O3S. The molecule has 1 aromatic heterocycles. The lowest BCUT2D eigenvalue weighted by atomic mass is 10.1. The number of carbonyl (C=O) groups excluding carboxylic acids is 1. The molecule has 0 aliphatic rings. The predicted octanol–water partition coefficient (Wildman–Crippen LogP) is 1.98. The second-order valence-electron chi connectivity index (χ2n) is 6.10.